The van der Waals surface area contributed by atoms with E-state index in [1.807, 2.05) is 0 Å². The molecule has 0 radical (unpaired) electrons. The lowest BCUT2D eigenvalue weighted by Gasteiger charge is -2.18. The molecule has 3 aromatic rings. The number of aryl methyl sites for hydroxylation is 1. The second-order valence-electron chi connectivity index (χ2n) is 6.13. The molecule has 1 atom stereocenters. The Bertz CT molecular complexity index is 1100. The maximum atomic E-state index is 14.3. The van der Waals surface area contributed by atoms with E-state index in [9.17, 15) is 19.1 Å². The van der Waals surface area contributed by atoms with Crippen molar-refractivity contribution in [3.05, 3.63) is 69.1 Å². The van der Waals surface area contributed by atoms with Gasteiger partial charge in [0.1, 0.15) is 11.5 Å². The van der Waals surface area contributed by atoms with E-state index in [0.29, 0.717) is 20.9 Å². The zero-order valence-corrected chi connectivity index (χ0v) is 16.1. The van der Waals surface area contributed by atoms with Crippen molar-refractivity contribution in [2.75, 3.05) is 6.61 Å². The Morgan fingerprint density at radius 3 is 2.54 bits per heavy atom. The highest BCUT2D eigenvalue weighted by Crippen LogP contribution is 2.32. The number of carboxylic acids is 1. The number of hydrogen-bond donors (Lipinski definition) is 3. The van der Waals surface area contributed by atoms with Gasteiger partial charge in [0.15, 0.2) is 0 Å². The van der Waals surface area contributed by atoms with Gasteiger partial charge in [0.2, 0.25) is 0 Å². The Balaban J connectivity index is 1.93. The van der Waals surface area contributed by atoms with Crippen LogP contribution in [-0.2, 0) is 7.05 Å². The average molecular weight is 425 g/mol. The van der Waals surface area contributed by atoms with E-state index >= 15 is 0 Å². The molecule has 0 spiro atoms. The van der Waals surface area contributed by atoms with Gasteiger partial charge in [0.05, 0.1) is 28.3 Å². The molecule has 0 aliphatic rings. The maximum absolute atomic E-state index is 14.3. The van der Waals surface area contributed by atoms with Gasteiger partial charge in [-0.05, 0) is 30.3 Å². The first-order valence-corrected chi connectivity index (χ1v) is 8.88. The summed E-state index contributed by atoms with van der Waals surface area (Å²) < 4.78 is 15.9. The van der Waals surface area contributed by atoms with Crippen molar-refractivity contribution in [2.24, 2.45) is 7.05 Å². The standard InChI is InChI=1S/C19H15Cl2FN2O4/c1-24-15-5-4-12(20)17(21)11(15)7-16(24)18(26)23-14(8-25)10-3-2-9(19(27)28)6-13(10)22/h2-7,14,25H,8H2,1H3,(H,23,26)(H,27,28)/t14-/m1/s1. The highest BCUT2D eigenvalue weighted by atomic mass is 35.5. The molecule has 9 heteroatoms. The first kappa shape index (κ1) is 20.1. The number of fused-ring (bicyclic) bond motifs is 1. The zero-order chi connectivity index (χ0) is 20.6. The fourth-order valence-corrected chi connectivity index (χ4v) is 3.34. The molecule has 6 nitrogen and oxygen atoms in total. The van der Waals surface area contributed by atoms with Crippen LogP contribution in [0.4, 0.5) is 4.39 Å². The minimum atomic E-state index is -1.28. The summed E-state index contributed by atoms with van der Waals surface area (Å²) in [5.74, 6) is -2.68. The van der Waals surface area contributed by atoms with Gasteiger partial charge in [0, 0.05) is 23.5 Å². The van der Waals surface area contributed by atoms with Crippen molar-refractivity contribution < 1.29 is 24.2 Å². The Morgan fingerprint density at radius 2 is 1.93 bits per heavy atom. The number of amides is 1. The van der Waals surface area contributed by atoms with Crippen LogP contribution in [0.2, 0.25) is 10.0 Å². The van der Waals surface area contributed by atoms with Crippen molar-refractivity contribution in [1.29, 1.82) is 0 Å². The summed E-state index contributed by atoms with van der Waals surface area (Å²) in [6.45, 7) is -0.578. The van der Waals surface area contributed by atoms with Gasteiger partial charge in [-0.25, -0.2) is 9.18 Å². The normalized spacial score (nSPS) is 12.2. The van der Waals surface area contributed by atoms with Crippen molar-refractivity contribution in [1.82, 2.24) is 9.88 Å². The first-order valence-electron chi connectivity index (χ1n) is 8.12. The van der Waals surface area contributed by atoms with Crippen molar-refractivity contribution in [3.8, 4) is 0 Å². The number of nitrogens with one attached hydrogen (secondary N) is 1. The molecule has 1 amide bonds. The molecule has 0 unspecified atom stereocenters. The minimum absolute atomic E-state index is 0.0271. The molecule has 146 valence electrons. The minimum Gasteiger partial charge on any atom is -0.478 e. The number of carbonyl (C=O) groups excluding carboxylic acids is 1. The Labute approximate surface area is 169 Å². The summed E-state index contributed by atoms with van der Waals surface area (Å²) in [4.78, 5) is 23.7. The molecule has 0 aliphatic carbocycles. The number of aliphatic hydroxyl groups is 1. The van der Waals surface area contributed by atoms with Gasteiger partial charge in [0.25, 0.3) is 5.91 Å². The molecular weight excluding hydrogens is 410 g/mol. The van der Waals surface area contributed by atoms with E-state index in [0.717, 1.165) is 6.07 Å². The third kappa shape index (κ3) is 3.56. The van der Waals surface area contributed by atoms with Crippen LogP contribution < -0.4 is 5.32 Å². The number of aromatic carboxylic acids is 1. The third-order valence-electron chi connectivity index (χ3n) is 4.46. The van der Waals surface area contributed by atoms with Crippen molar-refractivity contribution >= 4 is 46.0 Å². The molecule has 3 N–H and O–H groups in total. The number of carbonyl (C=O) groups is 2. The molecular formula is C19H15Cl2FN2O4. The fraction of sp³-hybridized carbons (Fsp3) is 0.158. The van der Waals surface area contributed by atoms with Crippen LogP contribution in [0.1, 0.15) is 32.5 Å². The lowest BCUT2D eigenvalue weighted by molar-refractivity contribution is 0.0695. The quantitative estimate of drug-likeness (QED) is 0.580. The number of benzene rings is 2. The molecule has 0 saturated heterocycles. The molecule has 0 bridgehead atoms. The van der Waals surface area contributed by atoms with E-state index in [2.05, 4.69) is 5.32 Å². The highest BCUT2D eigenvalue weighted by molar-refractivity contribution is 6.45. The van der Waals surface area contributed by atoms with Crippen LogP contribution in [-0.4, -0.2) is 33.3 Å². The predicted octanol–water partition coefficient (Wildman–Crippen LogP) is 3.79. The van der Waals surface area contributed by atoms with E-state index in [1.54, 1.807) is 29.8 Å². The van der Waals surface area contributed by atoms with Crippen LogP contribution in [0, 0.1) is 5.82 Å². The summed E-state index contributed by atoms with van der Waals surface area (Å²) in [6, 6.07) is 7.08. The second kappa shape index (κ2) is 7.79. The Morgan fingerprint density at radius 1 is 1.21 bits per heavy atom. The summed E-state index contributed by atoms with van der Waals surface area (Å²) in [7, 11) is 1.66. The number of nitrogens with zero attached hydrogens (tertiary/aromatic N) is 1. The van der Waals surface area contributed by atoms with E-state index in [4.69, 9.17) is 28.3 Å². The van der Waals surface area contributed by atoms with Crippen LogP contribution in [0.15, 0.2) is 36.4 Å². The first-order chi connectivity index (χ1) is 13.2. The average Bonchev–Trinajstić information content (AvgIpc) is 3.00. The number of aromatic nitrogens is 1. The van der Waals surface area contributed by atoms with Crippen molar-refractivity contribution in [3.63, 3.8) is 0 Å². The van der Waals surface area contributed by atoms with Crippen molar-refractivity contribution in [2.45, 2.75) is 6.04 Å². The summed E-state index contributed by atoms with van der Waals surface area (Å²) in [5.41, 5.74) is 0.655. The molecule has 0 saturated carbocycles. The third-order valence-corrected chi connectivity index (χ3v) is 5.28. The van der Waals surface area contributed by atoms with Crippen LogP contribution in [0.3, 0.4) is 0 Å². The topological polar surface area (TPSA) is 91.6 Å². The number of halogens is 3. The Kier molecular flexibility index (Phi) is 5.60. The zero-order valence-electron chi connectivity index (χ0n) is 14.5. The van der Waals surface area contributed by atoms with Gasteiger partial charge >= 0.3 is 5.97 Å². The summed E-state index contributed by atoms with van der Waals surface area (Å²) in [6.07, 6.45) is 0. The number of aliphatic hydroxyl groups excluding tert-OH is 1. The lowest BCUT2D eigenvalue weighted by Crippen LogP contribution is -2.32. The molecule has 28 heavy (non-hydrogen) atoms. The largest absolute Gasteiger partial charge is 0.478 e. The molecule has 1 heterocycles. The van der Waals surface area contributed by atoms with Crippen LogP contribution in [0.25, 0.3) is 10.9 Å². The Hall–Kier alpha value is -2.61. The molecule has 0 aliphatic heterocycles. The molecule has 0 fully saturated rings. The number of hydrogen-bond acceptors (Lipinski definition) is 3. The van der Waals surface area contributed by atoms with Gasteiger partial charge in [-0.1, -0.05) is 29.3 Å². The SMILES string of the molecule is Cn1c(C(=O)N[C@H](CO)c2ccc(C(=O)O)cc2F)cc2c(Cl)c(Cl)ccc21. The van der Waals surface area contributed by atoms with Gasteiger partial charge in [-0.2, -0.15) is 0 Å². The van der Waals surface area contributed by atoms with E-state index in [1.165, 1.54) is 12.1 Å². The lowest BCUT2D eigenvalue weighted by atomic mass is 10.0. The predicted molar refractivity (Wildman–Crippen MR) is 104 cm³/mol. The number of rotatable bonds is 5. The summed E-state index contributed by atoms with van der Waals surface area (Å²) >= 11 is 12.2. The fourth-order valence-electron chi connectivity index (χ4n) is 2.96. The van der Waals surface area contributed by atoms with E-state index < -0.39 is 30.3 Å². The second-order valence-corrected chi connectivity index (χ2v) is 6.92. The van der Waals surface area contributed by atoms with Gasteiger partial charge in [-0.3, -0.25) is 4.79 Å². The van der Waals surface area contributed by atoms with Gasteiger partial charge < -0.3 is 20.1 Å². The number of carboxylic acid groups (broad SMARTS) is 1. The smallest absolute Gasteiger partial charge is 0.335 e. The van der Waals surface area contributed by atoms with Gasteiger partial charge in [-0.15, -0.1) is 0 Å². The highest BCUT2D eigenvalue weighted by Gasteiger charge is 2.22. The van der Waals surface area contributed by atoms with Crippen LogP contribution >= 0.6 is 23.2 Å². The molecule has 3 rings (SSSR count). The summed E-state index contributed by atoms with van der Waals surface area (Å²) in [5, 5.41) is 22.3. The maximum Gasteiger partial charge on any atom is 0.335 e. The van der Waals surface area contributed by atoms with Crippen LogP contribution in [0.5, 0.6) is 0 Å². The monoisotopic (exact) mass is 424 g/mol. The molecule has 2 aromatic carbocycles. The molecule has 1 aromatic heterocycles. The van der Waals surface area contributed by atoms with E-state index in [-0.39, 0.29) is 16.8 Å².